The fraction of sp³-hybridized carbons (Fsp3) is 0.160. The lowest BCUT2D eigenvalue weighted by Gasteiger charge is -2.14. The summed E-state index contributed by atoms with van der Waals surface area (Å²) in [4.78, 5) is 25.2. The number of rotatable bonds is 7. The molecule has 0 fully saturated rings. The van der Waals surface area contributed by atoms with Crippen molar-refractivity contribution in [2.75, 3.05) is 17.2 Å². The van der Waals surface area contributed by atoms with E-state index in [4.69, 9.17) is 17.0 Å². The maximum atomic E-state index is 13.0. The zero-order valence-electron chi connectivity index (χ0n) is 18.2. The largest absolute Gasteiger partial charge is 0.492 e. The zero-order valence-corrected chi connectivity index (χ0v) is 19.0. The molecular weight excluding hydrogens is 441 g/mol. The van der Waals surface area contributed by atoms with Gasteiger partial charge >= 0.3 is 0 Å². The van der Waals surface area contributed by atoms with Crippen molar-refractivity contribution >= 4 is 40.5 Å². The van der Waals surface area contributed by atoms with Crippen LogP contribution in [0.5, 0.6) is 5.75 Å². The summed E-state index contributed by atoms with van der Waals surface area (Å²) >= 11 is 5.27. The summed E-state index contributed by atoms with van der Waals surface area (Å²) < 4.78 is 18.8. The molecule has 8 heteroatoms. The first-order valence-electron chi connectivity index (χ1n) is 10.3. The molecule has 170 valence electrons. The van der Waals surface area contributed by atoms with Crippen LogP contribution in [-0.4, -0.2) is 23.5 Å². The van der Waals surface area contributed by atoms with E-state index in [1.165, 1.54) is 24.3 Å². The maximum absolute atomic E-state index is 13.0. The van der Waals surface area contributed by atoms with Crippen molar-refractivity contribution in [1.29, 1.82) is 0 Å². The van der Waals surface area contributed by atoms with Gasteiger partial charge in [-0.25, -0.2) is 4.39 Å². The van der Waals surface area contributed by atoms with Crippen LogP contribution in [0.1, 0.15) is 34.6 Å². The molecule has 3 aromatic carbocycles. The van der Waals surface area contributed by atoms with Crippen molar-refractivity contribution in [3.05, 3.63) is 89.7 Å². The molecule has 6 nitrogen and oxygen atoms in total. The Balaban J connectivity index is 1.62. The first kappa shape index (κ1) is 23.9. The van der Waals surface area contributed by atoms with Gasteiger partial charge in [0.2, 0.25) is 0 Å². The molecule has 0 heterocycles. The average Bonchev–Trinajstić information content (AvgIpc) is 2.79. The highest BCUT2D eigenvalue weighted by molar-refractivity contribution is 7.80. The first-order valence-corrected chi connectivity index (χ1v) is 10.7. The monoisotopic (exact) mass is 465 g/mol. The Morgan fingerprint density at radius 2 is 1.64 bits per heavy atom. The minimum absolute atomic E-state index is 0.0785. The number of benzene rings is 3. The summed E-state index contributed by atoms with van der Waals surface area (Å²) in [5, 5.41) is 8.31. The van der Waals surface area contributed by atoms with Crippen LogP contribution in [0.15, 0.2) is 72.8 Å². The molecule has 3 rings (SSSR count). The molecule has 2 amide bonds. The molecule has 3 N–H and O–H groups in total. The molecule has 0 aliphatic rings. The molecule has 0 aromatic heterocycles. The van der Waals surface area contributed by atoms with E-state index in [1.807, 2.05) is 13.8 Å². The Labute approximate surface area is 197 Å². The van der Waals surface area contributed by atoms with Crippen LogP contribution in [0.3, 0.4) is 0 Å². The smallest absolute Gasteiger partial charge is 0.261 e. The van der Waals surface area contributed by atoms with Gasteiger partial charge in [-0.2, -0.15) is 0 Å². The van der Waals surface area contributed by atoms with Crippen LogP contribution in [0.4, 0.5) is 15.8 Å². The normalized spacial score (nSPS) is 10.4. The molecule has 33 heavy (non-hydrogen) atoms. The molecule has 3 aromatic rings. The number of carbonyl (C=O) groups excluding carboxylic acids is 2. The van der Waals surface area contributed by atoms with E-state index in [-0.39, 0.29) is 16.8 Å². The average molecular weight is 466 g/mol. The van der Waals surface area contributed by atoms with E-state index in [1.54, 1.807) is 48.5 Å². The second-order valence-electron chi connectivity index (χ2n) is 7.65. The van der Waals surface area contributed by atoms with E-state index < -0.39 is 5.91 Å². The van der Waals surface area contributed by atoms with E-state index in [0.29, 0.717) is 40.8 Å². The van der Waals surface area contributed by atoms with Crippen LogP contribution in [0.25, 0.3) is 0 Å². The Kier molecular flexibility index (Phi) is 8.10. The van der Waals surface area contributed by atoms with E-state index in [0.717, 1.165) is 0 Å². The molecule has 0 saturated heterocycles. The van der Waals surface area contributed by atoms with Gasteiger partial charge in [-0.15, -0.1) is 0 Å². The number of hydrogen-bond donors (Lipinski definition) is 3. The van der Waals surface area contributed by atoms with Gasteiger partial charge in [0.15, 0.2) is 5.11 Å². The Hall–Kier alpha value is -3.78. The summed E-state index contributed by atoms with van der Waals surface area (Å²) in [7, 11) is 0. The number of thiocarbonyl (C=S) groups is 1. The van der Waals surface area contributed by atoms with Gasteiger partial charge in [0.25, 0.3) is 11.8 Å². The SMILES string of the molecule is CC(C)COc1ccccc1C(=O)NC(=S)Nc1cccc(C(=O)Nc2ccc(F)cc2)c1. The third-order valence-electron chi connectivity index (χ3n) is 4.42. The molecule has 0 radical (unpaired) electrons. The van der Waals surface area contributed by atoms with Gasteiger partial charge < -0.3 is 15.4 Å². The van der Waals surface area contributed by atoms with E-state index in [2.05, 4.69) is 16.0 Å². The molecule has 0 bridgehead atoms. The summed E-state index contributed by atoms with van der Waals surface area (Å²) in [6, 6.07) is 19.0. The van der Waals surface area contributed by atoms with Gasteiger partial charge in [-0.1, -0.05) is 32.0 Å². The standard InChI is InChI=1S/C25H24FN3O3S/c1-16(2)15-32-22-9-4-3-8-21(22)24(31)29-25(33)28-20-7-5-6-17(14-20)23(30)27-19-12-10-18(26)11-13-19/h3-14,16H,15H2,1-2H3,(H,27,30)(H2,28,29,31,33). The molecule has 0 spiro atoms. The lowest BCUT2D eigenvalue weighted by molar-refractivity contribution is 0.0971. The molecule has 0 saturated carbocycles. The summed E-state index contributed by atoms with van der Waals surface area (Å²) in [6.07, 6.45) is 0. The highest BCUT2D eigenvalue weighted by atomic mass is 32.1. The Bertz CT molecular complexity index is 1150. The topological polar surface area (TPSA) is 79.5 Å². The maximum Gasteiger partial charge on any atom is 0.261 e. The van der Waals surface area contributed by atoms with Crippen LogP contribution >= 0.6 is 12.2 Å². The van der Waals surface area contributed by atoms with Gasteiger partial charge in [0, 0.05) is 16.9 Å². The van der Waals surface area contributed by atoms with Crippen molar-refractivity contribution in [2.45, 2.75) is 13.8 Å². The van der Waals surface area contributed by atoms with Gasteiger partial charge in [-0.05, 0) is 72.7 Å². The fourth-order valence-corrected chi connectivity index (χ4v) is 3.05. The second-order valence-corrected chi connectivity index (χ2v) is 8.06. The highest BCUT2D eigenvalue weighted by Gasteiger charge is 2.14. The number of carbonyl (C=O) groups is 2. The predicted octanol–water partition coefficient (Wildman–Crippen LogP) is 5.24. The number of ether oxygens (including phenoxy) is 1. The lowest BCUT2D eigenvalue weighted by atomic mass is 10.1. The van der Waals surface area contributed by atoms with Crippen LogP contribution in [0, 0.1) is 11.7 Å². The molecule has 0 unspecified atom stereocenters. The quantitative estimate of drug-likeness (QED) is 0.416. The number of amides is 2. The third kappa shape index (κ3) is 7.11. The highest BCUT2D eigenvalue weighted by Crippen LogP contribution is 2.19. The number of halogens is 1. The molecule has 0 aliphatic heterocycles. The van der Waals surface area contributed by atoms with Crippen molar-refractivity contribution < 1.29 is 18.7 Å². The summed E-state index contributed by atoms with van der Waals surface area (Å²) in [5.74, 6) is -0.361. The molecular formula is C25H24FN3O3S. The van der Waals surface area contributed by atoms with Gasteiger partial charge in [0.05, 0.1) is 12.2 Å². The van der Waals surface area contributed by atoms with Crippen LogP contribution < -0.4 is 20.7 Å². The zero-order chi connectivity index (χ0) is 23.8. The van der Waals surface area contributed by atoms with Crippen molar-refractivity contribution in [3.8, 4) is 5.75 Å². The second kappa shape index (κ2) is 11.2. The summed E-state index contributed by atoms with van der Waals surface area (Å²) in [5.41, 5.74) is 1.73. The number of nitrogens with one attached hydrogen (secondary N) is 3. The third-order valence-corrected chi connectivity index (χ3v) is 4.62. The van der Waals surface area contributed by atoms with Gasteiger partial charge in [-0.3, -0.25) is 14.9 Å². The fourth-order valence-electron chi connectivity index (χ4n) is 2.84. The van der Waals surface area contributed by atoms with E-state index >= 15 is 0 Å². The van der Waals surface area contributed by atoms with Crippen molar-refractivity contribution in [2.24, 2.45) is 5.92 Å². The van der Waals surface area contributed by atoms with Crippen molar-refractivity contribution in [1.82, 2.24) is 5.32 Å². The van der Waals surface area contributed by atoms with Crippen LogP contribution in [0.2, 0.25) is 0 Å². The lowest BCUT2D eigenvalue weighted by Crippen LogP contribution is -2.34. The predicted molar refractivity (Wildman–Crippen MR) is 131 cm³/mol. The van der Waals surface area contributed by atoms with Crippen LogP contribution in [-0.2, 0) is 0 Å². The van der Waals surface area contributed by atoms with E-state index in [9.17, 15) is 14.0 Å². The number of hydrogen-bond acceptors (Lipinski definition) is 4. The Morgan fingerprint density at radius 1 is 0.909 bits per heavy atom. The first-order chi connectivity index (χ1) is 15.8. The Morgan fingerprint density at radius 3 is 2.36 bits per heavy atom. The molecule has 0 atom stereocenters. The van der Waals surface area contributed by atoms with Crippen molar-refractivity contribution in [3.63, 3.8) is 0 Å². The van der Waals surface area contributed by atoms with Gasteiger partial charge in [0.1, 0.15) is 11.6 Å². The number of para-hydroxylation sites is 1. The molecule has 0 aliphatic carbocycles. The number of anilines is 2. The summed E-state index contributed by atoms with van der Waals surface area (Å²) in [6.45, 7) is 4.53. The minimum atomic E-state index is -0.405. The minimum Gasteiger partial charge on any atom is -0.492 e.